The maximum atomic E-state index is 12.9. The van der Waals surface area contributed by atoms with Gasteiger partial charge in [-0.25, -0.2) is 0 Å². The van der Waals surface area contributed by atoms with Crippen molar-refractivity contribution in [1.29, 1.82) is 0 Å². The summed E-state index contributed by atoms with van der Waals surface area (Å²) in [6, 6.07) is 7.49. The van der Waals surface area contributed by atoms with Gasteiger partial charge >= 0.3 is 0 Å². The third kappa shape index (κ3) is 4.28. The van der Waals surface area contributed by atoms with Gasteiger partial charge in [-0.15, -0.1) is 0 Å². The molecule has 1 atom stereocenters. The highest BCUT2D eigenvalue weighted by Crippen LogP contribution is 2.21. The summed E-state index contributed by atoms with van der Waals surface area (Å²) in [4.78, 5) is 25.2. The second kappa shape index (κ2) is 8.35. The van der Waals surface area contributed by atoms with E-state index >= 15 is 0 Å². The fraction of sp³-hybridized carbons (Fsp3) is 0.400. The van der Waals surface area contributed by atoms with Gasteiger partial charge < -0.3 is 13.8 Å². The number of piperidine rings is 1. The highest BCUT2D eigenvalue weighted by Gasteiger charge is 2.29. The zero-order valence-corrected chi connectivity index (χ0v) is 15.8. The largest absolute Gasteiger partial charge is 0.468 e. The molecule has 0 N–H and O–H groups in total. The van der Waals surface area contributed by atoms with E-state index in [1.54, 1.807) is 30.6 Å². The van der Waals surface area contributed by atoms with Crippen molar-refractivity contribution in [2.24, 2.45) is 5.92 Å². The van der Waals surface area contributed by atoms with E-state index in [2.05, 4.69) is 20.0 Å². The summed E-state index contributed by atoms with van der Waals surface area (Å²) in [7, 11) is 1.78. The number of nitrogens with zero attached hydrogens (tertiary/aromatic N) is 5. The molecule has 0 saturated carbocycles. The highest BCUT2D eigenvalue weighted by molar-refractivity contribution is 5.78. The van der Waals surface area contributed by atoms with Crippen molar-refractivity contribution in [3.63, 3.8) is 0 Å². The number of furan rings is 1. The van der Waals surface area contributed by atoms with Crippen LogP contribution in [-0.2, 0) is 17.9 Å². The average molecular weight is 381 g/mol. The van der Waals surface area contributed by atoms with E-state index in [0.29, 0.717) is 18.3 Å². The first kappa shape index (κ1) is 18.4. The first-order valence-electron chi connectivity index (χ1n) is 9.42. The number of carbonyl (C=O) groups excluding carboxylic acids is 1. The molecule has 146 valence electrons. The van der Waals surface area contributed by atoms with Gasteiger partial charge in [-0.2, -0.15) is 4.98 Å². The van der Waals surface area contributed by atoms with E-state index in [9.17, 15) is 4.79 Å². The number of pyridine rings is 1. The lowest BCUT2D eigenvalue weighted by Gasteiger charge is -2.33. The molecule has 3 aromatic heterocycles. The van der Waals surface area contributed by atoms with Crippen LogP contribution in [0.15, 0.2) is 51.9 Å². The SMILES string of the molecule is CN(Cc1nc(-c2ccncc2)no1)C(=O)[C@H]1CCCN(Cc2ccco2)C1. The van der Waals surface area contributed by atoms with Crippen LogP contribution in [0.5, 0.6) is 0 Å². The summed E-state index contributed by atoms with van der Waals surface area (Å²) in [5.41, 5.74) is 0.833. The minimum atomic E-state index is -0.0312. The first-order valence-corrected chi connectivity index (χ1v) is 9.42. The summed E-state index contributed by atoms with van der Waals surface area (Å²) in [5, 5.41) is 3.99. The molecule has 0 aliphatic carbocycles. The predicted octanol–water partition coefficient (Wildman–Crippen LogP) is 2.60. The van der Waals surface area contributed by atoms with Gasteiger partial charge in [-0.1, -0.05) is 5.16 Å². The van der Waals surface area contributed by atoms with Gasteiger partial charge in [0.15, 0.2) is 0 Å². The lowest BCUT2D eigenvalue weighted by atomic mass is 9.96. The van der Waals surface area contributed by atoms with Gasteiger partial charge in [0.1, 0.15) is 5.76 Å². The van der Waals surface area contributed by atoms with Crippen LogP contribution in [0.4, 0.5) is 0 Å². The molecule has 4 rings (SSSR count). The zero-order chi connectivity index (χ0) is 19.3. The average Bonchev–Trinajstić information content (AvgIpc) is 3.40. The zero-order valence-electron chi connectivity index (χ0n) is 15.8. The van der Waals surface area contributed by atoms with Gasteiger partial charge in [-0.05, 0) is 43.7 Å². The Morgan fingerprint density at radius 2 is 2.18 bits per heavy atom. The molecule has 8 heteroatoms. The number of carbonyl (C=O) groups is 1. The molecule has 0 unspecified atom stereocenters. The summed E-state index contributed by atoms with van der Waals surface area (Å²) < 4.78 is 10.7. The molecule has 4 heterocycles. The maximum absolute atomic E-state index is 12.9. The normalized spacial score (nSPS) is 17.5. The van der Waals surface area contributed by atoms with E-state index in [1.807, 2.05) is 24.3 Å². The molecule has 1 saturated heterocycles. The number of amides is 1. The Labute approximate surface area is 163 Å². The van der Waals surface area contributed by atoms with Crippen LogP contribution < -0.4 is 0 Å². The van der Waals surface area contributed by atoms with Crippen molar-refractivity contribution in [1.82, 2.24) is 24.9 Å². The minimum absolute atomic E-state index is 0.0312. The van der Waals surface area contributed by atoms with Crippen LogP contribution in [0, 0.1) is 5.92 Å². The smallest absolute Gasteiger partial charge is 0.246 e. The van der Waals surface area contributed by atoms with E-state index < -0.39 is 0 Å². The Bertz CT molecular complexity index is 894. The number of hydrogen-bond acceptors (Lipinski definition) is 7. The van der Waals surface area contributed by atoms with Gasteiger partial charge in [0.05, 0.1) is 25.3 Å². The topological polar surface area (TPSA) is 88.5 Å². The monoisotopic (exact) mass is 381 g/mol. The molecule has 1 fully saturated rings. The molecule has 0 spiro atoms. The van der Waals surface area contributed by atoms with Crippen molar-refractivity contribution >= 4 is 5.91 Å². The molecular formula is C20H23N5O3. The molecule has 0 radical (unpaired) electrons. The van der Waals surface area contributed by atoms with Gasteiger partial charge in [-0.3, -0.25) is 14.7 Å². The Morgan fingerprint density at radius 3 is 2.96 bits per heavy atom. The van der Waals surface area contributed by atoms with Crippen LogP contribution in [0.3, 0.4) is 0 Å². The van der Waals surface area contributed by atoms with Crippen molar-refractivity contribution < 1.29 is 13.7 Å². The first-order chi connectivity index (χ1) is 13.7. The summed E-state index contributed by atoms with van der Waals surface area (Å²) >= 11 is 0. The molecule has 3 aromatic rings. The molecule has 1 amide bonds. The number of rotatable bonds is 6. The van der Waals surface area contributed by atoms with Gasteiger partial charge in [0.25, 0.3) is 0 Å². The van der Waals surface area contributed by atoms with E-state index in [0.717, 1.165) is 43.8 Å². The van der Waals surface area contributed by atoms with E-state index in [1.165, 1.54) is 0 Å². The summed E-state index contributed by atoms with van der Waals surface area (Å²) in [5.74, 6) is 1.92. The molecule has 0 bridgehead atoms. The van der Waals surface area contributed by atoms with Crippen molar-refractivity contribution in [2.75, 3.05) is 20.1 Å². The quantitative estimate of drug-likeness (QED) is 0.648. The van der Waals surface area contributed by atoms with Crippen molar-refractivity contribution in [2.45, 2.75) is 25.9 Å². The molecular weight excluding hydrogens is 358 g/mol. The molecule has 28 heavy (non-hydrogen) atoms. The molecule has 8 nitrogen and oxygen atoms in total. The van der Waals surface area contributed by atoms with Crippen LogP contribution >= 0.6 is 0 Å². The second-order valence-electron chi connectivity index (χ2n) is 7.10. The van der Waals surface area contributed by atoms with Crippen molar-refractivity contribution in [3.05, 3.63) is 54.6 Å². The Hall–Kier alpha value is -3.00. The van der Waals surface area contributed by atoms with E-state index in [4.69, 9.17) is 8.94 Å². The third-order valence-corrected chi connectivity index (χ3v) is 4.97. The minimum Gasteiger partial charge on any atom is -0.468 e. The number of likely N-dealkylation sites (tertiary alicyclic amines) is 1. The Kier molecular flexibility index (Phi) is 5.48. The number of aromatic nitrogens is 3. The molecule has 1 aliphatic rings. The lowest BCUT2D eigenvalue weighted by Crippen LogP contribution is -2.43. The van der Waals surface area contributed by atoms with Crippen LogP contribution in [0.2, 0.25) is 0 Å². The summed E-state index contributed by atoms with van der Waals surface area (Å²) in [6.07, 6.45) is 6.93. The highest BCUT2D eigenvalue weighted by atomic mass is 16.5. The molecule has 0 aromatic carbocycles. The fourth-order valence-electron chi connectivity index (χ4n) is 3.55. The van der Waals surface area contributed by atoms with Crippen LogP contribution in [0.1, 0.15) is 24.5 Å². The predicted molar refractivity (Wildman–Crippen MR) is 101 cm³/mol. The second-order valence-corrected chi connectivity index (χ2v) is 7.10. The van der Waals surface area contributed by atoms with Crippen LogP contribution in [-0.4, -0.2) is 51.0 Å². The molecule has 1 aliphatic heterocycles. The van der Waals surface area contributed by atoms with Crippen molar-refractivity contribution in [3.8, 4) is 11.4 Å². The Balaban J connectivity index is 1.35. The van der Waals surface area contributed by atoms with Gasteiger partial charge in [0.2, 0.25) is 17.6 Å². The van der Waals surface area contributed by atoms with Gasteiger partial charge in [0, 0.05) is 31.5 Å². The Morgan fingerprint density at radius 1 is 1.32 bits per heavy atom. The number of hydrogen-bond donors (Lipinski definition) is 0. The van der Waals surface area contributed by atoms with Crippen LogP contribution in [0.25, 0.3) is 11.4 Å². The standard InChI is InChI=1S/C20H23N5O3/c1-24(14-18-22-19(23-28-18)15-6-8-21-9-7-15)20(26)16-4-2-10-25(12-16)13-17-5-3-11-27-17/h3,5-9,11,16H,2,4,10,12-14H2,1H3/t16-/m0/s1. The lowest BCUT2D eigenvalue weighted by molar-refractivity contribution is -0.137. The maximum Gasteiger partial charge on any atom is 0.246 e. The van der Waals surface area contributed by atoms with E-state index in [-0.39, 0.29) is 11.8 Å². The fourth-order valence-corrected chi connectivity index (χ4v) is 3.55. The summed E-state index contributed by atoms with van der Waals surface area (Å²) in [6.45, 7) is 2.74. The third-order valence-electron chi connectivity index (χ3n) is 4.97.